The van der Waals surface area contributed by atoms with Gasteiger partial charge in [-0.3, -0.25) is 0 Å². The molecule has 0 unspecified atom stereocenters. The van der Waals surface area contributed by atoms with E-state index >= 15 is 0 Å². The van der Waals surface area contributed by atoms with Crippen LogP contribution < -0.4 is 0 Å². The number of halogens is 2. The van der Waals surface area contributed by atoms with E-state index in [4.69, 9.17) is 0 Å². The maximum atomic E-state index is 13.6. The highest BCUT2D eigenvalue weighted by atomic mass is 32.2. The van der Waals surface area contributed by atoms with Gasteiger partial charge >= 0.3 is 0 Å². The largest absolute Gasteiger partial charge is 0.219 e. The number of hydrogen-bond donors (Lipinski definition) is 2. The summed E-state index contributed by atoms with van der Waals surface area (Å²) in [6, 6.07) is 10.9. The van der Waals surface area contributed by atoms with Crippen LogP contribution in [0.15, 0.2) is 90.0 Å². The molecule has 3 aromatic carbocycles. The molecule has 0 fully saturated rings. The zero-order valence-corrected chi connectivity index (χ0v) is 17.3. The standard InChI is InChI=1S/C18H12F2O4S4/c19-15-9-13(5-7-17(15)25)27(21,22)11-1-2-12(4-3-11)28(23,24)14-6-8-18(26)16(20)10-14/h1-10,25-26H. The molecule has 0 spiro atoms. The predicted molar refractivity (Wildman–Crippen MR) is 105 cm³/mol. The van der Waals surface area contributed by atoms with Gasteiger partial charge in [0.25, 0.3) is 0 Å². The lowest BCUT2D eigenvalue weighted by Gasteiger charge is -2.08. The number of rotatable bonds is 4. The average Bonchev–Trinajstić information content (AvgIpc) is 2.66. The van der Waals surface area contributed by atoms with Crippen LogP contribution in [0.3, 0.4) is 0 Å². The van der Waals surface area contributed by atoms with Crippen LogP contribution in [-0.2, 0) is 19.7 Å². The summed E-state index contributed by atoms with van der Waals surface area (Å²) in [6.07, 6.45) is 0. The summed E-state index contributed by atoms with van der Waals surface area (Å²) in [5.41, 5.74) is 0. The van der Waals surface area contributed by atoms with E-state index in [2.05, 4.69) is 25.3 Å². The monoisotopic (exact) mass is 458 g/mol. The van der Waals surface area contributed by atoms with Gasteiger partial charge in [0.2, 0.25) is 19.7 Å². The van der Waals surface area contributed by atoms with E-state index < -0.39 is 31.3 Å². The molecule has 0 radical (unpaired) electrons. The first-order valence-electron chi connectivity index (χ1n) is 7.61. The number of hydrogen-bond acceptors (Lipinski definition) is 6. The Kier molecular flexibility index (Phi) is 5.59. The van der Waals surface area contributed by atoms with Gasteiger partial charge in [-0.2, -0.15) is 0 Å². The Balaban J connectivity index is 2.00. The van der Waals surface area contributed by atoms with Crippen molar-refractivity contribution < 1.29 is 25.6 Å². The summed E-state index contributed by atoms with van der Waals surface area (Å²) in [5.74, 6) is -1.59. The van der Waals surface area contributed by atoms with E-state index in [1.54, 1.807) is 0 Å². The maximum absolute atomic E-state index is 13.6. The summed E-state index contributed by atoms with van der Waals surface area (Å²) in [7, 11) is -8.11. The minimum absolute atomic E-state index is 0.000135. The van der Waals surface area contributed by atoms with Gasteiger partial charge in [0.05, 0.1) is 19.6 Å². The summed E-state index contributed by atoms with van der Waals surface area (Å²) in [6.45, 7) is 0. The van der Waals surface area contributed by atoms with Crippen LogP contribution in [0, 0.1) is 11.6 Å². The number of thiol groups is 2. The van der Waals surface area contributed by atoms with Crippen LogP contribution in [0.5, 0.6) is 0 Å². The van der Waals surface area contributed by atoms with Gasteiger partial charge in [-0.05, 0) is 60.7 Å². The Morgan fingerprint density at radius 3 is 1.11 bits per heavy atom. The molecule has 0 aliphatic rings. The molecular weight excluding hydrogens is 446 g/mol. The lowest BCUT2D eigenvalue weighted by atomic mass is 10.3. The van der Waals surface area contributed by atoms with Gasteiger partial charge in [0.15, 0.2) is 0 Å². The van der Waals surface area contributed by atoms with Gasteiger partial charge in [-0.15, -0.1) is 25.3 Å². The van der Waals surface area contributed by atoms with Gasteiger partial charge in [-0.25, -0.2) is 25.6 Å². The second-order valence-corrected chi connectivity index (χ2v) is 10.6. The van der Waals surface area contributed by atoms with Crippen molar-refractivity contribution in [2.45, 2.75) is 29.4 Å². The minimum atomic E-state index is -4.06. The molecule has 3 aromatic rings. The van der Waals surface area contributed by atoms with Crippen molar-refractivity contribution in [3.63, 3.8) is 0 Å². The van der Waals surface area contributed by atoms with E-state index in [9.17, 15) is 25.6 Å². The fourth-order valence-electron chi connectivity index (χ4n) is 2.38. The average molecular weight is 459 g/mol. The van der Waals surface area contributed by atoms with E-state index in [1.807, 2.05) is 0 Å². The topological polar surface area (TPSA) is 68.3 Å². The Morgan fingerprint density at radius 1 is 0.536 bits per heavy atom. The van der Waals surface area contributed by atoms with Gasteiger partial charge in [0, 0.05) is 9.79 Å². The molecule has 0 aliphatic heterocycles. The first-order chi connectivity index (χ1) is 13.0. The minimum Gasteiger partial charge on any atom is -0.219 e. The molecule has 0 aliphatic carbocycles. The molecule has 28 heavy (non-hydrogen) atoms. The van der Waals surface area contributed by atoms with Crippen molar-refractivity contribution in [2.75, 3.05) is 0 Å². The second kappa shape index (κ2) is 7.51. The molecule has 4 nitrogen and oxygen atoms in total. The summed E-state index contributed by atoms with van der Waals surface area (Å²) < 4.78 is 77.7. The molecular formula is C18H12F2O4S4. The predicted octanol–water partition coefficient (Wildman–Crippen LogP) is 4.21. The Hall–Kier alpha value is -1.88. The first kappa shape index (κ1) is 20.8. The third-order valence-electron chi connectivity index (χ3n) is 3.90. The van der Waals surface area contributed by atoms with Crippen molar-refractivity contribution >= 4 is 44.9 Å². The van der Waals surface area contributed by atoms with Crippen molar-refractivity contribution in [1.29, 1.82) is 0 Å². The van der Waals surface area contributed by atoms with Crippen LogP contribution in [0.4, 0.5) is 8.78 Å². The van der Waals surface area contributed by atoms with E-state index in [0.29, 0.717) is 0 Å². The Labute approximate surface area is 171 Å². The third-order valence-corrected chi connectivity index (χ3v) is 8.16. The molecule has 146 valence electrons. The molecule has 0 saturated carbocycles. The molecule has 0 heterocycles. The first-order valence-corrected chi connectivity index (χ1v) is 11.5. The lowest BCUT2D eigenvalue weighted by molar-refractivity contribution is 0.581. The number of sulfone groups is 2. The highest BCUT2D eigenvalue weighted by Crippen LogP contribution is 2.28. The molecule has 0 amide bonds. The maximum Gasteiger partial charge on any atom is 0.206 e. The van der Waals surface area contributed by atoms with E-state index in [-0.39, 0.29) is 29.4 Å². The van der Waals surface area contributed by atoms with Crippen LogP contribution in [0.2, 0.25) is 0 Å². The van der Waals surface area contributed by atoms with Crippen molar-refractivity contribution in [1.82, 2.24) is 0 Å². The second-order valence-electron chi connectivity index (χ2n) is 5.70. The third kappa shape index (κ3) is 3.82. The number of benzene rings is 3. The molecule has 0 atom stereocenters. The van der Waals surface area contributed by atoms with Crippen LogP contribution in [0.25, 0.3) is 0 Å². The quantitative estimate of drug-likeness (QED) is 0.575. The Bertz CT molecular complexity index is 1170. The molecule has 0 aromatic heterocycles. The van der Waals surface area contributed by atoms with Crippen molar-refractivity contribution in [3.8, 4) is 0 Å². The zero-order valence-electron chi connectivity index (χ0n) is 13.9. The van der Waals surface area contributed by atoms with Gasteiger partial charge in [-0.1, -0.05) is 0 Å². The molecule has 0 N–H and O–H groups in total. The van der Waals surface area contributed by atoms with Crippen LogP contribution >= 0.6 is 25.3 Å². The van der Waals surface area contributed by atoms with E-state index in [0.717, 1.165) is 36.4 Å². The molecule has 0 bridgehead atoms. The molecule has 3 rings (SSSR count). The molecule has 10 heteroatoms. The van der Waals surface area contributed by atoms with Crippen LogP contribution in [-0.4, -0.2) is 16.8 Å². The summed E-state index contributed by atoms with van der Waals surface area (Å²) in [4.78, 5) is -1.00. The van der Waals surface area contributed by atoms with Crippen molar-refractivity contribution in [2.24, 2.45) is 0 Å². The lowest BCUT2D eigenvalue weighted by Crippen LogP contribution is -2.05. The highest BCUT2D eigenvalue weighted by molar-refractivity contribution is 7.92. The van der Waals surface area contributed by atoms with E-state index in [1.165, 1.54) is 24.3 Å². The zero-order chi connectivity index (χ0) is 20.7. The summed E-state index contributed by atoms with van der Waals surface area (Å²) in [5, 5.41) is 0. The normalized spacial score (nSPS) is 12.1. The molecule has 0 saturated heterocycles. The fraction of sp³-hybridized carbons (Fsp3) is 0. The van der Waals surface area contributed by atoms with Crippen molar-refractivity contribution in [3.05, 3.63) is 72.3 Å². The SMILES string of the molecule is O=S(=O)(c1ccc(S(=O)(=O)c2ccc(S)c(F)c2)cc1)c1ccc(S)c(F)c1. The Morgan fingerprint density at radius 2 is 0.821 bits per heavy atom. The van der Waals surface area contributed by atoms with Gasteiger partial charge in [0.1, 0.15) is 11.6 Å². The fourth-order valence-corrected chi connectivity index (χ4v) is 5.20. The van der Waals surface area contributed by atoms with Crippen LogP contribution in [0.1, 0.15) is 0 Å². The highest BCUT2D eigenvalue weighted by Gasteiger charge is 2.22. The van der Waals surface area contributed by atoms with Gasteiger partial charge < -0.3 is 0 Å². The summed E-state index contributed by atoms with van der Waals surface area (Å²) >= 11 is 7.71. The smallest absolute Gasteiger partial charge is 0.206 e.